The molecular formula is C25H33NO7. The summed E-state index contributed by atoms with van der Waals surface area (Å²) in [4.78, 5) is 15.7. The van der Waals surface area contributed by atoms with Crippen LogP contribution in [0.15, 0.2) is 36.4 Å². The van der Waals surface area contributed by atoms with Crippen molar-refractivity contribution in [2.45, 2.75) is 20.5 Å². The molecular weight excluding hydrogens is 426 g/mol. The highest BCUT2D eigenvalue weighted by Gasteiger charge is 2.09. The van der Waals surface area contributed by atoms with Gasteiger partial charge in [0.25, 0.3) is 0 Å². The Morgan fingerprint density at radius 1 is 0.879 bits per heavy atom. The average Bonchev–Trinajstić information content (AvgIpc) is 2.87. The lowest BCUT2D eigenvalue weighted by Gasteiger charge is -2.07. The molecule has 2 rings (SSSR count). The van der Waals surface area contributed by atoms with E-state index in [0.29, 0.717) is 56.6 Å². The number of rotatable bonds is 12. The molecule has 1 heterocycles. The van der Waals surface area contributed by atoms with Crippen molar-refractivity contribution in [2.75, 3.05) is 53.9 Å². The highest BCUT2D eigenvalue weighted by Crippen LogP contribution is 2.12. The summed E-state index contributed by atoms with van der Waals surface area (Å²) in [6.07, 6.45) is 0. The molecule has 33 heavy (non-hydrogen) atoms. The molecule has 0 spiro atoms. The molecule has 8 nitrogen and oxygen atoms in total. The second kappa shape index (κ2) is 17.6. The quantitative estimate of drug-likeness (QED) is 0.294. The molecule has 0 aliphatic heterocycles. The first-order chi connectivity index (χ1) is 16.2. The van der Waals surface area contributed by atoms with E-state index >= 15 is 0 Å². The molecule has 180 valence electrons. The largest absolute Gasteiger partial charge is 0.491 e. The molecule has 8 heteroatoms. The van der Waals surface area contributed by atoms with Gasteiger partial charge in [0.15, 0.2) is 0 Å². The number of carbonyl (C=O) groups excluding carboxylic acids is 1. The van der Waals surface area contributed by atoms with E-state index in [0.717, 1.165) is 5.56 Å². The number of aromatic nitrogens is 1. The maximum Gasteiger partial charge on any atom is 0.356 e. The van der Waals surface area contributed by atoms with Crippen LogP contribution in [0.2, 0.25) is 0 Å². The number of carbonyl (C=O) groups is 1. The van der Waals surface area contributed by atoms with Gasteiger partial charge in [0.05, 0.1) is 52.4 Å². The number of hydrogen-bond donors (Lipinski definition) is 1. The fraction of sp³-hybridized carbons (Fsp3) is 0.440. The minimum Gasteiger partial charge on any atom is -0.491 e. The van der Waals surface area contributed by atoms with Crippen LogP contribution in [0.4, 0.5) is 0 Å². The summed E-state index contributed by atoms with van der Waals surface area (Å²) in [6, 6.07) is 10.5. The highest BCUT2D eigenvalue weighted by molar-refractivity contribution is 5.87. The van der Waals surface area contributed by atoms with Crippen LogP contribution in [0, 0.1) is 11.8 Å². The Kier molecular flexibility index (Phi) is 15.0. The average molecular weight is 460 g/mol. The van der Waals surface area contributed by atoms with E-state index < -0.39 is 5.97 Å². The lowest BCUT2D eigenvalue weighted by Crippen LogP contribution is -2.12. The number of methoxy groups -OCH3 is 2. The van der Waals surface area contributed by atoms with Gasteiger partial charge >= 0.3 is 5.97 Å². The Hall–Kier alpha value is -2.96. The predicted molar refractivity (Wildman–Crippen MR) is 124 cm³/mol. The lowest BCUT2D eigenvalue weighted by atomic mass is 10.1. The van der Waals surface area contributed by atoms with E-state index in [2.05, 4.69) is 21.6 Å². The van der Waals surface area contributed by atoms with Crippen molar-refractivity contribution in [3.8, 4) is 17.6 Å². The molecule has 0 amide bonds. The van der Waals surface area contributed by atoms with Crippen molar-refractivity contribution in [3.05, 3.63) is 58.9 Å². The summed E-state index contributed by atoms with van der Waals surface area (Å²) in [6.45, 7) is 6.76. The van der Waals surface area contributed by atoms with Gasteiger partial charge in [0.1, 0.15) is 18.1 Å². The number of ether oxygens (including phenoxy) is 5. The lowest BCUT2D eigenvalue weighted by molar-refractivity contribution is 0.0180. The Morgan fingerprint density at radius 3 is 2.09 bits per heavy atom. The number of aliphatic hydroxyl groups excluding tert-OH is 1. The van der Waals surface area contributed by atoms with Gasteiger partial charge in [-0.15, -0.1) is 0 Å². The van der Waals surface area contributed by atoms with Crippen molar-refractivity contribution in [2.24, 2.45) is 0 Å². The van der Waals surface area contributed by atoms with Crippen molar-refractivity contribution in [1.29, 1.82) is 0 Å². The fourth-order valence-corrected chi connectivity index (χ4v) is 2.41. The van der Waals surface area contributed by atoms with Gasteiger partial charge in [-0.1, -0.05) is 25.7 Å². The predicted octanol–water partition coefficient (Wildman–Crippen LogP) is 2.84. The van der Waals surface area contributed by atoms with Gasteiger partial charge in [0.2, 0.25) is 0 Å². The number of aliphatic hydroxyl groups is 1. The fourth-order valence-electron chi connectivity index (χ4n) is 2.41. The second-order valence-corrected chi connectivity index (χ2v) is 6.22. The summed E-state index contributed by atoms with van der Waals surface area (Å²) in [5.41, 5.74) is 1.78. The van der Waals surface area contributed by atoms with Crippen LogP contribution < -0.4 is 4.74 Å². The summed E-state index contributed by atoms with van der Waals surface area (Å²) < 4.78 is 25.9. The summed E-state index contributed by atoms with van der Waals surface area (Å²) in [5, 5.41) is 9.32. The molecule has 0 fully saturated rings. The molecule has 0 saturated heterocycles. The normalized spacial score (nSPS) is 9.85. The van der Waals surface area contributed by atoms with Gasteiger partial charge in [-0.2, -0.15) is 0 Å². The van der Waals surface area contributed by atoms with Gasteiger partial charge in [-0.3, -0.25) is 0 Å². The zero-order valence-electron chi connectivity index (χ0n) is 19.8. The smallest absolute Gasteiger partial charge is 0.356 e. The molecule has 0 atom stereocenters. The third-order valence-corrected chi connectivity index (χ3v) is 3.94. The molecule has 1 aromatic heterocycles. The van der Waals surface area contributed by atoms with Gasteiger partial charge in [-0.05, 0) is 36.4 Å². The van der Waals surface area contributed by atoms with E-state index in [1.807, 2.05) is 38.1 Å². The first-order valence-electron chi connectivity index (χ1n) is 10.8. The maximum absolute atomic E-state index is 11.7. The van der Waals surface area contributed by atoms with Gasteiger partial charge < -0.3 is 28.8 Å². The molecule has 0 unspecified atom stereocenters. The minimum atomic E-state index is -0.581. The zero-order chi connectivity index (χ0) is 24.3. The molecule has 0 aliphatic carbocycles. The second-order valence-electron chi connectivity index (χ2n) is 6.22. The van der Waals surface area contributed by atoms with Crippen LogP contribution in [0.25, 0.3) is 0 Å². The number of pyridine rings is 1. The van der Waals surface area contributed by atoms with Gasteiger partial charge in [0, 0.05) is 18.2 Å². The van der Waals surface area contributed by atoms with Crippen LogP contribution in [-0.4, -0.2) is 69.9 Å². The molecule has 1 N–H and O–H groups in total. The third-order valence-electron chi connectivity index (χ3n) is 3.94. The van der Waals surface area contributed by atoms with Gasteiger partial charge in [-0.25, -0.2) is 9.78 Å². The SMILES string of the molecule is CC.COCCOCCOCCOc1ccc(C#Cc2cc(CO)nc(C(=O)OC)c2)cc1. The molecule has 0 bridgehead atoms. The molecule has 0 radical (unpaired) electrons. The standard InChI is InChI=1S/C23H27NO7.C2H6/c1-27-9-10-29-11-12-30-13-14-31-21-7-5-18(6-8-21)3-4-19-15-20(17-25)24-22(16-19)23(26)28-2;1-2/h5-8,15-16,25H,9-14,17H2,1-2H3;1-2H3. The van der Waals surface area contributed by atoms with Crippen molar-refractivity contribution < 1.29 is 33.6 Å². The molecule has 0 aliphatic rings. The first kappa shape index (κ1) is 28.1. The maximum atomic E-state index is 11.7. The Bertz CT molecular complexity index is 873. The molecule has 2 aromatic rings. The van der Waals surface area contributed by atoms with E-state index in [1.165, 1.54) is 13.2 Å². The topological polar surface area (TPSA) is 96.3 Å². The Morgan fingerprint density at radius 2 is 1.48 bits per heavy atom. The monoisotopic (exact) mass is 459 g/mol. The molecule has 0 saturated carbocycles. The third kappa shape index (κ3) is 11.5. The van der Waals surface area contributed by atoms with E-state index in [9.17, 15) is 9.90 Å². The van der Waals surface area contributed by atoms with Crippen LogP contribution in [0.1, 0.15) is 41.2 Å². The first-order valence-corrected chi connectivity index (χ1v) is 10.8. The van der Waals surface area contributed by atoms with Crippen molar-refractivity contribution >= 4 is 5.97 Å². The zero-order valence-corrected chi connectivity index (χ0v) is 19.8. The summed E-state index contributed by atoms with van der Waals surface area (Å²) >= 11 is 0. The van der Waals surface area contributed by atoms with E-state index in [-0.39, 0.29) is 12.3 Å². The highest BCUT2D eigenvalue weighted by atomic mass is 16.6. The van der Waals surface area contributed by atoms with Crippen LogP contribution in [0.3, 0.4) is 0 Å². The van der Waals surface area contributed by atoms with Crippen molar-refractivity contribution in [3.63, 3.8) is 0 Å². The van der Waals surface area contributed by atoms with E-state index in [4.69, 9.17) is 18.9 Å². The summed E-state index contributed by atoms with van der Waals surface area (Å²) in [7, 11) is 2.91. The number of esters is 1. The summed E-state index contributed by atoms with van der Waals surface area (Å²) in [5.74, 6) is 6.12. The van der Waals surface area contributed by atoms with Crippen LogP contribution >= 0.6 is 0 Å². The minimum absolute atomic E-state index is 0.103. The van der Waals surface area contributed by atoms with Crippen molar-refractivity contribution in [1.82, 2.24) is 4.98 Å². The number of hydrogen-bond acceptors (Lipinski definition) is 8. The molecule has 1 aromatic carbocycles. The number of benzene rings is 1. The number of nitrogens with zero attached hydrogens (tertiary/aromatic N) is 1. The Balaban J connectivity index is 0.00000265. The Labute approximate surface area is 195 Å². The van der Waals surface area contributed by atoms with Crippen LogP contribution in [-0.2, 0) is 25.6 Å². The van der Waals surface area contributed by atoms with E-state index in [1.54, 1.807) is 13.2 Å². The van der Waals surface area contributed by atoms with Crippen LogP contribution in [0.5, 0.6) is 5.75 Å².